The second-order valence-corrected chi connectivity index (χ2v) is 7.34. The highest BCUT2D eigenvalue weighted by molar-refractivity contribution is 5.89. The fourth-order valence-corrected chi connectivity index (χ4v) is 4.18. The van der Waals surface area contributed by atoms with Crippen molar-refractivity contribution >= 4 is 22.8 Å². The molecule has 0 unspecified atom stereocenters. The maximum atomic E-state index is 11.2. The summed E-state index contributed by atoms with van der Waals surface area (Å²) in [5, 5.41) is 26.5. The summed E-state index contributed by atoms with van der Waals surface area (Å²) in [7, 11) is 1.74. The van der Waals surface area contributed by atoms with Gasteiger partial charge in [-0.15, -0.1) is 0 Å². The normalized spacial score (nSPS) is 31.8. The Morgan fingerprint density at radius 2 is 2.04 bits per heavy atom. The predicted molar refractivity (Wildman–Crippen MR) is 96.2 cm³/mol. The monoisotopic (exact) mass is 362 g/mol. The Hall–Kier alpha value is -2.55. The number of benzene rings is 1. The molecule has 2 bridgehead atoms. The molecule has 2 saturated carbocycles. The SMILES string of the molecule is CO[C@]1(C)C[C@H]2C[C@@H]1C/C(=N\Nc1ccc([N+](=O)[O-])cc1[N+](=O)[O-])[C@H]2C. The van der Waals surface area contributed by atoms with E-state index in [1.165, 1.54) is 12.1 Å². The van der Waals surface area contributed by atoms with Gasteiger partial charge in [-0.25, -0.2) is 0 Å². The van der Waals surface area contributed by atoms with Gasteiger partial charge in [0.1, 0.15) is 5.69 Å². The smallest absolute Gasteiger partial charge is 0.301 e. The van der Waals surface area contributed by atoms with Crippen molar-refractivity contribution in [2.75, 3.05) is 12.5 Å². The fraction of sp³-hybridized carbons (Fsp3) is 0.588. The molecule has 3 rings (SSSR count). The number of nitrogens with one attached hydrogen (secondary N) is 1. The van der Waals surface area contributed by atoms with Gasteiger partial charge < -0.3 is 4.74 Å². The number of nitrogens with zero attached hydrogens (tertiary/aromatic N) is 3. The Balaban J connectivity index is 1.84. The average molecular weight is 362 g/mol. The number of rotatable bonds is 5. The van der Waals surface area contributed by atoms with Gasteiger partial charge in [-0.1, -0.05) is 6.92 Å². The van der Waals surface area contributed by atoms with Gasteiger partial charge in [0, 0.05) is 18.9 Å². The maximum absolute atomic E-state index is 11.2. The highest BCUT2D eigenvalue weighted by Crippen LogP contribution is 2.51. The molecule has 9 nitrogen and oxygen atoms in total. The van der Waals surface area contributed by atoms with Gasteiger partial charge in [0.15, 0.2) is 0 Å². The second-order valence-electron chi connectivity index (χ2n) is 7.34. The third-order valence-corrected chi connectivity index (χ3v) is 5.98. The first-order chi connectivity index (χ1) is 12.2. The summed E-state index contributed by atoms with van der Waals surface area (Å²) >= 11 is 0. The highest BCUT2D eigenvalue weighted by atomic mass is 16.6. The van der Waals surface area contributed by atoms with Gasteiger partial charge in [0.2, 0.25) is 0 Å². The van der Waals surface area contributed by atoms with Crippen molar-refractivity contribution in [1.82, 2.24) is 0 Å². The number of hydrogen-bond donors (Lipinski definition) is 1. The van der Waals surface area contributed by atoms with Crippen LogP contribution in [0, 0.1) is 38.0 Å². The number of methoxy groups -OCH3 is 1. The molecule has 0 aliphatic heterocycles. The van der Waals surface area contributed by atoms with E-state index in [9.17, 15) is 20.2 Å². The number of ether oxygens (including phenoxy) is 1. The van der Waals surface area contributed by atoms with Gasteiger partial charge in [-0.2, -0.15) is 5.10 Å². The van der Waals surface area contributed by atoms with Crippen LogP contribution in [0.2, 0.25) is 0 Å². The molecule has 1 aromatic carbocycles. The summed E-state index contributed by atoms with van der Waals surface area (Å²) in [5.74, 6) is 1.11. The number of hydrazone groups is 1. The third kappa shape index (κ3) is 3.14. The lowest BCUT2D eigenvalue weighted by Crippen LogP contribution is -2.33. The van der Waals surface area contributed by atoms with E-state index in [1.54, 1.807) is 7.11 Å². The molecule has 0 radical (unpaired) electrons. The van der Waals surface area contributed by atoms with Crippen LogP contribution in [0.1, 0.15) is 33.1 Å². The van der Waals surface area contributed by atoms with E-state index in [4.69, 9.17) is 4.74 Å². The molecule has 0 saturated heterocycles. The minimum atomic E-state index is -0.658. The molecule has 140 valence electrons. The van der Waals surface area contributed by atoms with Crippen molar-refractivity contribution in [2.24, 2.45) is 22.9 Å². The van der Waals surface area contributed by atoms with Gasteiger partial charge in [0.05, 0.1) is 21.5 Å². The van der Waals surface area contributed by atoms with Crippen molar-refractivity contribution < 1.29 is 14.6 Å². The van der Waals surface area contributed by atoms with Crippen LogP contribution >= 0.6 is 0 Å². The fourth-order valence-electron chi connectivity index (χ4n) is 4.18. The molecule has 0 aromatic heterocycles. The summed E-state index contributed by atoms with van der Waals surface area (Å²) in [6, 6.07) is 3.49. The Morgan fingerprint density at radius 3 is 2.65 bits per heavy atom. The Labute approximate surface area is 150 Å². The molecule has 2 fully saturated rings. The summed E-state index contributed by atoms with van der Waals surface area (Å²) in [6.45, 7) is 4.25. The van der Waals surface area contributed by atoms with E-state index in [2.05, 4.69) is 24.4 Å². The van der Waals surface area contributed by atoms with Gasteiger partial charge in [-0.3, -0.25) is 25.7 Å². The summed E-state index contributed by atoms with van der Waals surface area (Å²) < 4.78 is 5.73. The van der Waals surface area contributed by atoms with E-state index < -0.39 is 9.85 Å². The molecular formula is C17H22N4O5. The molecule has 2 aliphatic carbocycles. The molecule has 1 aromatic rings. The van der Waals surface area contributed by atoms with Crippen molar-refractivity contribution in [1.29, 1.82) is 0 Å². The van der Waals surface area contributed by atoms with E-state index in [0.29, 0.717) is 11.8 Å². The van der Waals surface area contributed by atoms with Crippen LogP contribution in [-0.4, -0.2) is 28.3 Å². The maximum Gasteiger partial charge on any atom is 0.301 e. The van der Waals surface area contributed by atoms with Gasteiger partial charge in [0.25, 0.3) is 5.69 Å². The van der Waals surface area contributed by atoms with Crippen LogP contribution in [-0.2, 0) is 4.74 Å². The molecule has 2 aliphatic rings. The predicted octanol–water partition coefficient (Wildman–Crippen LogP) is 3.74. The highest BCUT2D eigenvalue weighted by Gasteiger charge is 2.50. The molecular weight excluding hydrogens is 340 g/mol. The van der Waals surface area contributed by atoms with Crippen LogP contribution < -0.4 is 5.43 Å². The number of anilines is 1. The first kappa shape index (κ1) is 18.2. The van der Waals surface area contributed by atoms with Crippen LogP contribution in [0.5, 0.6) is 0 Å². The number of nitro benzene ring substituents is 2. The number of hydrogen-bond acceptors (Lipinski definition) is 7. The second kappa shape index (κ2) is 6.64. The van der Waals surface area contributed by atoms with Gasteiger partial charge in [-0.05, 0) is 50.0 Å². The zero-order valence-corrected chi connectivity index (χ0v) is 15.0. The molecule has 4 atom stereocenters. The Kier molecular flexibility index (Phi) is 4.66. The third-order valence-electron chi connectivity index (χ3n) is 5.98. The molecule has 0 amide bonds. The molecule has 0 heterocycles. The Morgan fingerprint density at radius 1 is 1.31 bits per heavy atom. The van der Waals surface area contributed by atoms with Crippen molar-refractivity contribution in [2.45, 2.75) is 38.7 Å². The van der Waals surface area contributed by atoms with Crippen LogP contribution in [0.15, 0.2) is 23.3 Å². The van der Waals surface area contributed by atoms with Crippen molar-refractivity contribution in [3.8, 4) is 0 Å². The minimum absolute atomic E-state index is 0.146. The zero-order chi connectivity index (χ0) is 19.1. The quantitative estimate of drug-likeness (QED) is 0.629. The first-order valence-corrected chi connectivity index (χ1v) is 8.55. The Bertz CT molecular complexity index is 780. The standard InChI is InChI=1S/C17H22N4O5/c1-10-11-6-12(17(2,9-11)26-3)7-15(10)19-18-14-5-4-13(20(22)23)8-16(14)21(24)25/h4-5,8,10-12,18H,6-7,9H2,1-3H3/b19-15+/t10-,11+,12+,17+/m0/s1. The lowest BCUT2D eigenvalue weighted by molar-refractivity contribution is -0.393. The lowest BCUT2D eigenvalue weighted by atomic mass is 9.78. The largest absolute Gasteiger partial charge is 0.378 e. The van der Waals surface area contributed by atoms with E-state index in [0.717, 1.165) is 31.0 Å². The van der Waals surface area contributed by atoms with Crippen molar-refractivity contribution in [3.05, 3.63) is 38.4 Å². The number of non-ortho nitro benzene ring substituents is 1. The number of fused-ring (bicyclic) bond motifs is 2. The summed E-state index contributed by atoms with van der Waals surface area (Å²) in [6.07, 6.45) is 2.85. The minimum Gasteiger partial charge on any atom is -0.378 e. The van der Waals surface area contributed by atoms with E-state index in [1.807, 2.05) is 0 Å². The molecule has 26 heavy (non-hydrogen) atoms. The molecule has 1 N–H and O–H groups in total. The van der Waals surface area contributed by atoms with Crippen LogP contribution in [0.25, 0.3) is 0 Å². The van der Waals surface area contributed by atoms with Gasteiger partial charge >= 0.3 is 5.69 Å². The molecule has 0 spiro atoms. The number of nitro groups is 2. The summed E-state index contributed by atoms with van der Waals surface area (Å²) in [4.78, 5) is 20.8. The average Bonchev–Trinajstić information content (AvgIpc) is 2.90. The topological polar surface area (TPSA) is 120 Å². The first-order valence-electron chi connectivity index (χ1n) is 8.55. The van der Waals surface area contributed by atoms with E-state index >= 15 is 0 Å². The van der Waals surface area contributed by atoms with E-state index in [-0.39, 0.29) is 28.6 Å². The van der Waals surface area contributed by atoms with Crippen molar-refractivity contribution in [3.63, 3.8) is 0 Å². The lowest BCUT2D eigenvalue weighted by Gasteiger charge is -2.31. The summed E-state index contributed by atoms with van der Waals surface area (Å²) in [5.41, 5.74) is 3.02. The van der Waals surface area contributed by atoms with Crippen LogP contribution in [0.4, 0.5) is 17.1 Å². The molecule has 9 heteroatoms. The van der Waals surface area contributed by atoms with Crippen LogP contribution in [0.3, 0.4) is 0 Å². The zero-order valence-electron chi connectivity index (χ0n) is 15.0.